The molecule has 1 aliphatic heterocycles. The fourth-order valence-electron chi connectivity index (χ4n) is 1.82. The second-order valence-electron chi connectivity index (χ2n) is 3.99. The minimum Gasteiger partial charge on any atom is -0.371 e. The van der Waals surface area contributed by atoms with Gasteiger partial charge in [0.15, 0.2) is 0 Å². The van der Waals surface area contributed by atoms with Gasteiger partial charge in [0.2, 0.25) is 0 Å². The van der Waals surface area contributed by atoms with Crippen molar-refractivity contribution in [3.63, 3.8) is 0 Å². The van der Waals surface area contributed by atoms with Crippen LogP contribution < -0.4 is 10.6 Å². The van der Waals surface area contributed by atoms with Gasteiger partial charge in [-0.25, -0.2) is 4.39 Å². The molecule has 0 saturated carbocycles. The highest BCUT2D eigenvalue weighted by Gasteiger charge is 2.22. The maximum Gasteiger partial charge on any atom is 0.127 e. The summed E-state index contributed by atoms with van der Waals surface area (Å²) in [5, 5.41) is 0. The van der Waals surface area contributed by atoms with Crippen LogP contribution in [0.25, 0.3) is 0 Å². The fraction of sp³-hybridized carbons (Fsp3) is 0.455. The average molecular weight is 194 g/mol. The highest BCUT2D eigenvalue weighted by molar-refractivity contribution is 5.51. The largest absolute Gasteiger partial charge is 0.371 e. The van der Waals surface area contributed by atoms with Gasteiger partial charge in [-0.1, -0.05) is 6.92 Å². The molecule has 2 nitrogen and oxygen atoms in total. The third kappa shape index (κ3) is 1.60. The van der Waals surface area contributed by atoms with Gasteiger partial charge in [0, 0.05) is 30.9 Å². The van der Waals surface area contributed by atoms with Crippen LogP contribution in [0.4, 0.5) is 10.1 Å². The van der Waals surface area contributed by atoms with Crippen molar-refractivity contribution in [1.82, 2.24) is 0 Å². The Bertz CT molecular complexity index is 332. The summed E-state index contributed by atoms with van der Waals surface area (Å²) in [6.07, 6.45) is 0. The van der Waals surface area contributed by atoms with E-state index >= 15 is 0 Å². The topological polar surface area (TPSA) is 29.3 Å². The molecule has 2 rings (SSSR count). The van der Waals surface area contributed by atoms with Gasteiger partial charge in [-0.2, -0.15) is 0 Å². The Kier molecular flexibility index (Phi) is 2.42. The van der Waals surface area contributed by atoms with Gasteiger partial charge in [0.1, 0.15) is 5.82 Å². The van der Waals surface area contributed by atoms with E-state index in [-0.39, 0.29) is 12.4 Å². The highest BCUT2D eigenvalue weighted by atomic mass is 19.1. The summed E-state index contributed by atoms with van der Waals surface area (Å²) >= 11 is 0. The van der Waals surface area contributed by atoms with Crippen LogP contribution in [0.3, 0.4) is 0 Å². The van der Waals surface area contributed by atoms with Gasteiger partial charge in [0.25, 0.3) is 0 Å². The Morgan fingerprint density at radius 2 is 2.21 bits per heavy atom. The lowest BCUT2D eigenvalue weighted by atomic mass is 10.0. The van der Waals surface area contributed by atoms with E-state index in [0.29, 0.717) is 5.56 Å². The van der Waals surface area contributed by atoms with Crippen LogP contribution in [0.5, 0.6) is 0 Å². The van der Waals surface area contributed by atoms with Crippen molar-refractivity contribution in [3.05, 3.63) is 29.6 Å². The van der Waals surface area contributed by atoms with Gasteiger partial charge in [-0.3, -0.25) is 0 Å². The minimum atomic E-state index is -0.204. The zero-order chi connectivity index (χ0) is 10.1. The molecule has 0 aromatic heterocycles. The van der Waals surface area contributed by atoms with Crippen molar-refractivity contribution in [2.75, 3.05) is 18.0 Å². The molecule has 1 aliphatic rings. The van der Waals surface area contributed by atoms with E-state index in [1.165, 1.54) is 6.07 Å². The molecule has 1 aromatic carbocycles. The molecule has 0 spiro atoms. The van der Waals surface area contributed by atoms with Crippen molar-refractivity contribution < 1.29 is 4.39 Å². The number of halogens is 1. The van der Waals surface area contributed by atoms with E-state index in [1.807, 2.05) is 12.1 Å². The number of benzene rings is 1. The number of anilines is 1. The van der Waals surface area contributed by atoms with Crippen LogP contribution >= 0.6 is 0 Å². The maximum atomic E-state index is 13.1. The molecule has 0 radical (unpaired) electrons. The van der Waals surface area contributed by atoms with Crippen LogP contribution in [-0.4, -0.2) is 13.1 Å². The van der Waals surface area contributed by atoms with Crippen molar-refractivity contribution in [2.45, 2.75) is 13.5 Å². The van der Waals surface area contributed by atoms with Crippen LogP contribution in [0.2, 0.25) is 0 Å². The van der Waals surface area contributed by atoms with E-state index in [2.05, 4.69) is 11.8 Å². The maximum absolute atomic E-state index is 13.1. The standard InChI is InChI=1S/C11H15FN2/c1-8-6-14(7-8)10-2-3-11(12)9(4-10)5-13/h2-4,8H,5-7,13H2,1H3. The zero-order valence-electron chi connectivity index (χ0n) is 8.33. The van der Waals surface area contributed by atoms with E-state index in [1.54, 1.807) is 0 Å². The van der Waals surface area contributed by atoms with E-state index in [0.717, 1.165) is 24.7 Å². The first kappa shape index (κ1) is 9.46. The lowest BCUT2D eigenvalue weighted by Gasteiger charge is -2.39. The Morgan fingerprint density at radius 3 is 2.79 bits per heavy atom. The van der Waals surface area contributed by atoms with Crippen molar-refractivity contribution >= 4 is 5.69 Å². The molecular weight excluding hydrogens is 179 g/mol. The predicted molar refractivity (Wildman–Crippen MR) is 55.7 cm³/mol. The summed E-state index contributed by atoms with van der Waals surface area (Å²) in [7, 11) is 0. The van der Waals surface area contributed by atoms with Gasteiger partial charge < -0.3 is 10.6 Å². The lowest BCUT2D eigenvalue weighted by Crippen LogP contribution is -2.45. The predicted octanol–water partition coefficient (Wildman–Crippen LogP) is 1.74. The van der Waals surface area contributed by atoms with E-state index in [4.69, 9.17) is 5.73 Å². The first-order chi connectivity index (χ1) is 6.70. The highest BCUT2D eigenvalue weighted by Crippen LogP contribution is 2.25. The smallest absolute Gasteiger partial charge is 0.127 e. The molecular formula is C11H15FN2. The molecule has 0 atom stereocenters. The summed E-state index contributed by atoms with van der Waals surface area (Å²) in [4.78, 5) is 2.24. The number of rotatable bonds is 2. The molecule has 1 saturated heterocycles. The molecule has 0 aliphatic carbocycles. The quantitative estimate of drug-likeness (QED) is 0.777. The summed E-state index contributed by atoms with van der Waals surface area (Å²) in [6, 6.07) is 5.17. The van der Waals surface area contributed by atoms with E-state index < -0.39 is 0 Å². The monoisotopic (exact) mass is 194 g/mol. The number of nitrogens with two attached hydrogens (primary N) is 1. The number of hydrogen-bond acceptors (Lipinski definition) is 2. The molecule has 1 fully saturated rings. The molecule has 14 heavy (non-hydrogen) atoms. The number of nitrogens with zero attached hydrogens (tertiary/aromatic N) is 1. The fourth-order valence-corrected chi connectivity index (χ4v) is 1.82. The van der Waals surface area contributed by atoms with Gasteiger partial charge in [-0.05, 0) is 24.1 Å². The van der Waals surface area contributed by atoms with Crippen molar-refractivity contribution in [1.29, 1.82) is 0 Å². The zero-order valence-corrected chi connectivity index (χ0v) is 8.33. The van der Waals surface area contributed by atoms with Gasteiger partial charge in [0.05, 0.1) is 0 Å². The molecule has 0 bridgehead atoms. The Balaban J connectivity index is 2.19. The summed E-state index contributed by atoms with van der Waals surface area (Å²) in [6.45, 7) is 4.61. The van der Waals surface area contributed by atoms with Crippen LogP contribution in [0.15, 0.2) is 18.2 Å². The van der Waals surface area contributed by atoms with Crippen LogP contribution in [0, 0.1) is 11.7 Å². The van der Waals surface area contributed by atoms with Crippen LogP contribution in [-0.2, 0) is 6.54 Å². The number of hydrogen-bond donors (Lipinski definition) is 1. The third-order valence-corrected chi connectivity index (χ3v) is 2.68. The lowest BCUT2D eigenvalue weighted by molar-refractivity contribution is 0.447. The van der Waals surface area contributed by atoms with Crippen LogP contribution in [0.1, 0.15) is 12.5 Å². The first-order valence-corrected chi connectivity index (χ1v) is 4.94. The van der Waals surface area contributed by atoms with Crippen molar-refractivity contribution in [2.24, 2.45) is 11.7 Å². The molecule has 1 aromatic rings. The molecule has 0 unspecified atom stereocenters. The first-order valence-electron chi connectivity index (χ1n) is 4.94. The Labute approximate surface area is 83.5 Å². The molecule has 0 amide bonds. The molecule has 2 N–H and O–H groups in total. The normalized spacial score (nSPS) is 16.9. The molecule has 76 valence electrons. The Morgan fingerprint density at radius 1 is 1.50 bits per heavy atom. The van der Waals surface area contributed by atoms with Gasteiger partial charge >= 0.3 is 0 Å². The van der Waals surface area contributed by atoms with Crippen molar-refractivity contribution in [3.8, 4) is 0 Å². The average Bonchev–Trinajstić information content (AvgIpc) is 2.14. The Hall–Kier alpha value is -1.09. The van der Waals surface area contributed by atoms with E-state index in [9.17, 15) is 4.39 Å². The second kappa shape index (κ2) is 3.58. The summed E-state index contributed by atoms with van der Waals surface area (Å²) in [5.74, 6) is 0.547. The SMILES string of the molecule is CC1CN(c2ccc(F)c(CN)c2)C1. The molecule has 1 heterocycles. The minimum absolute atomic E-state index is 0.204. The van der Waals surface area contributed by atoms with Gasteiger partial charge in [-0.15, -0.1) is 0 Å². The summed E-state index contributed by atoms with van der Waals surface area (Å²) < 4.78 is 13.1. The third-order valence-electron chi connectivity index (χ3n) is 2.68. The second-order valence-corrected chi connectivity index (χ2v) is 3.99. The summed E-state index contributed by atoms with van der Waals surface area (Å²) in [5.41, 5.74) is 7.13. The molecule has 3 heteroatoms.